The van der Waals surface area contributed by atoms with Crippen LogP contribution in [0.5, 0.6) is 0 Å². The maximum atomic E-state index is 13.2. The zero-order valence-electron chi connectivity index (χ0n) is 10.7. The number of rotatable bonds is 3. The number of carbonyl (C=O) groups excluding carboxylic acids is 1. The van der Waals surface area contributed by atoms with Crippen LogP contribution in [0.3, 0.4) is 0 Å². The molecule has 0 saturated heterocycles. The molecule has 1 heterocycles. The van der Waals surface area contributed by atoms with Crippen molar-refractivity contribution in [3.05, 3.63) is 41.2 Å². The molecule has 1 aromatic carbocycles. The molecule has 2 aromatic rings. The first-order valence-electron chi connectivity index (χ1n) is 5.69. The van der Waals surface area contributed by atoms with Crippen LogP contribution in [0, 0.1) is 0 Å². The van der Waals surface area contributed by atoms with E-state index in [9.17, 15) is 22.8 Å². The van der Waals surface area contributed by atoms with Crippen molar-refractivity contribution in [2.45, 2.75) is 6.18 Å². The molecule has 21 heavy (non-hydrogen) atoms. The third-order valence-electron chi connectivity index (χ3n) is 2.88. The van der Waals surface area contributed by atoms with Crippen molar-refractivity contribution in [1.82, 2.24) is 9.78 Å². The number of aryl methyl sites for hydroxylation is 1. The highest BCUT2D eigenvalue weighted by Gasteiger charge is 2.41. The number of hydrogen-bond donors (Lipinski definition) is 1. The van der Waals surface area contributed by atoms with E-state index in [2.05, 4.69) is 5.10 Å². The maximum Gasteiger partial charge on any atom is 0.433 e. The topological polar surface area (TPSA) is 72.2 Å². The highest BCUT2D eigenvalue weighted by Crippen LogP contribution is 2.39. The Hall–Kier alpha value is -2.64. The lowest BCUT2D eigenvalue weighted by atomic mass is 9.97. The molecule has 0 saturated carbocycles. The van der Waals surface area contributed by atoms with Gasteiger partial charge in [0.1, 0.15) is 0 Å². The Labute approximate surface area is 116 Å². The van der Waals surface area contributed by atoms with Gasteiger partial charge in [-0.1, -0.05) is 24.3 Å². The molecule has 0 aliphatic carbocycles. The molecule has 2 rings (SSSR count). The highest BCUT2D eigenvalue weighted by atomic mass is 19.4. The molecule has 0 aliphatic rings. The summed E-state index contributed by atoms with van der Waals surface area (Å²) >= 11 is 0. The van der Waals surface area contributed by atoms with Crippen LogP contribution in [0.4, 0.5) is 13.2 Å². The van der Waals surface area contributed by atoms with Crippen molar-refractivity contribution < 1.29 is 27.9 Å². The average molecular weight is 298 g/mol. The van der Waals surface area contributed by atoms with Gasteiger partial charge in [0.05, 0.1) is 0 Å². The number of carboxylic acids is 1. The van der Waals surface area contributed by atoms with Crippen LogP contribution >= 0.6 is 0 Å². The first kappa shape index (κ1) is 14.8. The van der Waals surface area contributed by atoms with Gasteiger partial charge in [-0.15, -0.1) is 0 Å². The molecular weight excluding hydrogens is 289 g/mol. The molecule has 110 valence electrons. The zero-order valence-corrected chi connectivity index (χ0v) is 10.7. The van der Waals surface area contributed by atoms with E-state index >= 15 is 0 Å². The normalized spacial score (nSPS) is 11.4. The second-order valence-electron chi connectivity index (χ2n) is 4.20. The van der Waals surface area contributed by atoms with Crippen molar-refractivity contribution in [1.29, 1.82) is 0 Å². The number of carbonyl (C=O) groups is 2. The van der Waals surface area contributed by atoms with E-state index in [-0.39, 0.29) is 11.1 Å². The summed E-state index contributed by atoms with van der Waals surface area (Å²) < 4.78 is 40.0. The minimum Gasteiger partial charge on any atom is -0.476 e. The molecule has 5 nitrogen and oxygen atoms in total. The van der Waals surface area contributed by atoms with Gasteiger partial charge in [0, 0.05) is 18.2 Å². The fraction of sp³-hybridized carbons (Fsp3) is 0.154. The second kappa shape index (κ2) is 5.04. The van der Waals surface area contributed by atoms with Gasteiger partial charge in [0.25, 0.3) is 0 Å². The number of aromatic nitrogens is 2. The van der Waals surface area contributed by atoms with Gasteiger partial charge in [-0.2, -0.15) is 18.3 Å². The lowest BCUT2D eigenvalue weighted by Crippen LogP contribution is -2.13. The molecule has 0 atom stereocenters. The van der Waals surface area contributed by atoms with Gasteiger partial charge in [0.2, 0.25) is 0 Å². The van der Waals surface area contributed by atoms with Crippen molar-refractivity contribution in [3.63, 3.8) is 0 Å². The average Bonchev–Trinajstić information content (AvgIpc) is 2.76. The molecule has 0 aliphatic heterocycles. The lowest BCUT2D eigenvalue weighted by molar-refractivity contribution is -0.143. The molecule has 0 bridgehead atoms. The van der Waals surface area contributed by atoms with Crippen LogP contribution < -0.4 is 0 Å². The summed E-state index contributed by atoms with van der Waals surface area (Å²) in [6.45, 7) is 0. The molecule has 1 aromatic heterocycles. The standard InChI is InChI=1S/C13H9F3N2O3/c1-18-11(13(14,15)16)9(10(17-18)12(20)21)8-5-3-2-4-7(8)6-19/h2-6H,1H3,(H,20,21). The van der Waals surface area contributed by atoms with Crippen LogP contribution in [0.25, 0.3) is 11.1 Å². The quantitative estimate of drug-likeness (QED) is 0.884. The molecule has 0 amide bonds. The van der Waals surface area contributed by atoms with E-state index in [0.29, 0.717) is 11.0 Å². The van der Waals surface area contributed by atoms with E-state index < -0.39 is 29.1 Å². The lowest BCUT2D eigenvalue weighted by Gasteiger charge is -2.11. The van der Waals surface area contributed by atoms with E-state index in [1.807, 2.05) is 0 Å². The number of benzene rings is 1. The van der Waals surface area contributed by atoms with Crippen molar-refractivity contribution in [2.24, 2.45) is 7.05 Å². The Morgan fingerprint density at radius 1 is 1.33 bits per heavy atom. The number of hydrogen-bond acceptors (Lipinski definition) is 3. The number of carboxylic acid groups (broad SMARTS) is 1. The van der Waals surface area contributed by atoms with Gasteiger partial charge in [-0.25, -0.2) is 4.79 Å². The monoisotopic (exact) mass is 298 g/mol. The highest BCUT2D eigenvalue weighted by molar-refractivity contribution is 5.98. The first-order chi connectivity index (χ1) is 9.77. The summed E-state index contributed by atoms with van der Waals surface area (Å²) in [5.41, 5.74) is -2.74. The van der Waals surface area contributed by atoms with Crippen LogP contribution in [0.15, 0.2) is 24.3 Å². The van der Waals surface area contributed by atoms with Gasteiger partial charge in [0.15, 0.2) is 17.7 Å². The Kier molecular flexibility index (Phi) is 3.54. The van der Waals surface area contributed by atoms with Gasteiger partial charge >= 0.3 is 12.1 Å². The predicted octanol–water partition coefficient (Wildman–Crippen LogP) is 2.62. The Morgan fingerprint density at radius 2 is 1.95 bits per heavy atom. The van der Waals surface area contributed by atoms with Crippen LogP contribution in [0.2, 0.25) is 0 Å². The second-order valence-corrected chi connectivity index (χ2v) is 4.20. The minimum absolute atomic E-state index is 0.0431. The summed E-state index contributed by atoms with van der Waals surface area (Å²) in [5, 5.41) is 12.5. The first-order valence-corrected chi connectivity index (χ1v) is 5.69. The fourth-order valence-corrected chi connectivity index (χ4v) is 2.08. The SMILES string of the molecule is Cn1nc(C(=O)O)c(-c2ccccc2C=O)c1C(F)(F)F. The van der Waals surface area contributed by atoms with Crippen LogP contribution in [-0.2, 0) is 13.2 Å². The molecule has 0 spiro atoms. The molecule has 0 unspecified atom stereocenters. The largest absolute Gasteiger partial charge is 0.476 e. The van der Waals surface area contributed by atoms with E-state index in [1.54, 1.807) is 0 Å². The summed E-state index contributed by atoms with van der Waals surface area (Å²) in [6, 6.07) is 5.45. The summed E-state index contributed by atoms with van der Waals surface area (Å²) in [6.07, 6.45) is -4.44. The predicted molar refractivity (Wildman–Crippen MR) is 66.0 cm³/mol. The van der Waals surface area contributed by atoms with E-state index in [1.165, 1.54) is 24.3 Å². The summed E-state index contributed by atoms with van der Waals surface area (Å²) in [5.74, 6) is -1.60. The van der Waals surface area contributed by atoms with Gasteiger partial charge in [-0.05, 0) is 5.56 Å². The van der Waals surface area contributed by atoms with E-state index in [4.69, 9.17) is 5.11 Å². The number of aldehydes is 1. The molecule has 8 heteroatoms. The van der Waals surface area contributed by atoms with Crippen molar-refractivity contribution in [2.75, 3.05) is 0 Å². The third-order valence-corrected chi connectivity index (χ3v) is 2.88. The molecule has 0 fully saturated rings. The number of aromatic carboxylic acids is 1. The number of alkyl halides is 3. The van der Waals surface area contributed by atoms with Gasteiger partial charge in [-0.3, -0.25) is 9.48 Å². The van der Waals surface area contributed by atoms with E-state index in [0.717, 1.165) is 7.05 Å². The molecular formula is C13H9F3N2O3. The van der Waals surface area contributed by atoms with Crippen molar-refractivity contribution >= 4 is 12.3 Å². The number of nitrogens with zero attached hydrogens (tertiary/aromatic N) is 2. The summed E-state index contributed by atoms with van der Waals surface area (Å²) in [4.78, 5) is 22.1. The van der Waals surface area contributed by atoms with Crippen LogP contribution in [-0.4, -0.2) is 27.1 Å². The van der Waals surface area contributed by atoms with Crippen LogP contribution in [0.1, 0.15) is 26.5 Å². The molecule has 1 N–H and O–H groups in total. The smallest absolute Gasteiger partial charge is 0.433 e. The number of halogens is 3. The Morgan fingerprint density at radius 3 is 2.48 bits per heavy atom. The maximum absolute atomic E-state index is 13.2. The third kappa shape index (κ3) is 2.51. The molecule has 0 radical (unpaired) electrons. The summed E-state index contributed by atoms with van der Waals surface area (Å²) in [7, 11) is 1.00. The Bertz CT molecular complexity index is 720. The minimum atomic E-state index is -4.80. The fourth-order valence-electron chi connectivity index (χ4n) is 2.08. The van der Waals surface area contributed by atoms with Crippen molar-refractivity contribution in [3.8, 4) is 11.1 Å². The Balaban J connectivity index is 2.89. The zero-order chi connectivity index (χ0) is 15.8. The van der Waals surface area contributed by atoms with Gasteiger partial charge < -0.3 is 5.11 Å².